The topological polar surface area (TPSA) is 35.2 Å². The van der Waals surface area contributed by atoms with Crippen molar-refractivity contribution in [2.75, 3.05) is 13.2 Å². The van der Waals surface area contributed by atoms with Gasteiger partial charge in [0.05, 0.1) is 6.10 Å². The molecule has 2 fully saturated rings. The van der Waals surface area contributed by atoms with E-state index in [0.717, 1.165) is 19.1 Å². The van der Waals surface area contributed by atoms with E-state index in [2.05, 4.69) is 6.92 Å². The highest BCUT2D eigenvalue weighted by atomic mass is 16.5. The van der Waals surface area contributed by atoms with E-state index in [-0.39, 0.29) is 0 Å². The van der Waals surface area contributed by atoms with Crippen LogP contribution < -0.4 is 5.73 Å². The summed E-state index contributed by atoms with van der Waals surface area (Å²) in [5.74, 6) is 0.924. The maximum Gasteiger partial charge on any atom is 0.0576 e. The van der Waals surface area contributed by atoms with Gasteiger partial charge in [0.25, 0.3) is 0 Å². The molecule has 2 rings (SSSR count). The van der Waals surface area contributed by atoms with Crippen LogP contribution in [0.25, 0.3) is 0 Å². The van der Waals surface area contributed by atoms with E-state index in [0.29, 0.717) is 11.5 Å². The molecule has 2 heteroatoms. The second-order valence-corrected chi connectivity index (χ2v) is 6.41. The first-order chi connectivity index (χ1) is 8.24. The number of ether oxygens (including phenoxy) is 1. The highest BCUT2D eigenvalue weighted by Crippen LogP contribution is 2.42. The van der Waals surface area contributed by atoms with Gasteiger partial charge in [-0.15, -0.1) is 0 Å². The molecular formula is C15H29NO. The molecule has 1 aliphatic heterocycles. The number of rotatable bonds is 5. The van der Waals surface area contributed by atoms with Crippen molar-refractivity contribution in [3.63, 3.8) is 0 Å². The third-order valence-electron chi connectivity index (χ3n) is 5.03. The predicted octanol–water partition coefficient (Wildman–Crippen LogP) is 3.49. The van der Waals surface area contributed by atoms with Crippen molar-refractivity contribution in [3.05, 3.63) is 0 Å². The molecule has 1 atom stereocenters. The maximum atomic E-state index is 6.05. The number of hydrogen-bond donors (Lipinski definition) is 1. The summed E-state index contributed by atoms with van der Waals surface area (Å²) in [7, 11) is 0. The zero-order chi connectivity index (χ0) is 12.1. The monoisotopic (exact) mass is 239 g/mol. The lowest BCUT2D eigenvalue weighted by Crippen LogP contribution is -2.34. The van der Waals surface area contributed by atoms with E-state index < -0.39 is 0 Å². The average molecular weight is 239 g/mol. The van der Waals surface area contributed by atoms with Crippen molar-refractivity contribution >= 4 is 0 Å². The molecule has 1 heterocycles. The van der Waals surface area contributed by atoms with Crippen LogP contribution in [0.4, 0.5) is 0 Å². The summed E-state index contributed by atoms with van der Waals surface area (Å²) >= 11 is 0. The molecule has 2 aliphatic rings. The van der Waals surface area contributed by atoms with E-state index in [4.69, 9.17) is 10.5 Å². The molecule has 0 aromatic rings. The lowest BCUT2D eigenvalue weighted by Gasteiger charge is -2.39. The number of nitrogens with two attached hydrogens (primary N) is 1. The molecule has 0 aromatic carbocycles. The fourth-order valence-electron chi connectivity index (χ4n) is 3.51. The Hall–Kier alpha value is -0.0800. The summed E-state index contributed by atoms with van der Waals surface area (Å²) in [6, 6.07) is 0. The zero-order valence-corrected chi connectivity index (χ0v) is 11.4. The van der Waals surface area contributed by atoms with Gasteiger partial charge in [-0.25, -0.2) is 0 Å². The Labute approximate surface area is 106 Å². The van der Waals surface area contributed by atoms with E-state index >= 15 is 0 Å². The summed E-state index contributed by atoms with van der Waals surface area (Å²) < 4.78 is 5.69. The first-order valence-corrected chi connectivity index (χ1v) is 7.56. The largest absolute Gasteiger partial charge is 0.378 e. The third kappa shape index (κ3) is 3.69. The molecule has 1 saturated heterocycles. The van der Waals surface area contributed by atoms with E-state index in [1.54, 1.807) is 0 Å². The Morgan fingerprint density at radius 2 is 2.00 bits per heavy atom. The molecule has 0 amide bonds. The van der Waals surface area contributed by atoms with Crippen LogP contribution in [0.5, 0.6) is 0 Å². The molecule has 1 saturated carbocycles. The molecule has 2 N–H and O–H groups in total. The lowest BCUT2D eigenvalue weighted by atomic mass is 9.68. The van der Waals surface area contributed by atoms with Crippen LogP contribution >= 0.6 is 0 Å². The average Bonchev–Trinajstić information content (AvgIpc) is 2.85. The van der Waals surface area contributed by atoms with Crippen molar-refractivity contribution < 1.29 is 4.74 Å². The van der Waals surface area contributed by atoms with Crippen LogP contribution in [0.2, 0.25) is 0 Å². The van der Waals surface area contributed by atoms with Gasteiger partial charge in [-0.3, -0.25) is 0 Å². The van der Waals surface area contributed by atoms with Gasteiger partial charge in [-0.05, 0) is 56.4 Å². The smallest absolute Gasteiger partial charge is 0.0576 e. The minimum absolute atomic E-state index is 0.477. The Morgan fingerprint density at radius 1 is 1.24 bits per heavy atom. The summed E-state index contributed by atoms with van der Waals surface area (Å²) in [4.78, 5) is 0. The maximum absolute atomic E-state index is 6.05. The zero-order valence-electron chi connectivity index (χ0n) is 11.4. The second-order valence-electron chi connectivity index (χ2n) is 6.41. The van der Waals surface area contributed by atoms with Crippen LogP contribution in [-0.4, -0.2) is 19.3 Å². The van der Waals surface area contributed by atoms with Gasteiger partial charge in [-0.1, -0.05) is 26.2 Å². The third-order valence-corrected chi connectivity index (χ3v) is 5.03. The minimum atomic E-state index is 0.477. The van der Waals surface area contributed by atoms with E-state index in [1.807, 2.05) is 0 Å². The van der Waals surface area contributed by atoms with Crippen molar-refractivity contribution in [2.24, 2.45) is 17.1 Å². The van der Waals surface area contributed by atoms with Gasteiger partial charge < -0.3 is 10.5 Å². The van der Waals surface area contributed by atoms with Gasteiger partial charge in [-0.2, -0.15) is 0 Å². The van der Waals surface area contributed by atoms with E-state index in [9.17, 15) is 0 Å². The standard InChI is InChI=1S/C15H29NO/c1-13-6-9-15(12-16,10-7-13)8-2-4-14-5-3-11-17-14/h13-14H,2-12,16H2,1H3. The quantitative estimate of drug-likeness (QED) is 0.797. The van der Waals surface area contributed by atoms with Gasteiger partial charge in [0.15, 0.2) is 0 Å². The summed E-state index contributed by atoms with van der Waals surface area (Å²) in [5, 5.41) is 0. The highest BCUT2D eigenvalue weighted by Gasteiger charge is 2.32. The van der Waals surface area contributed by atoms with Crippen LogP contribution in [-0.2, 0) is 4.74 Å². The molecule has 1 aliphatic carbocycles. The van der Waals surface area contributed by atoms with Crippen molar-refractivity contribution in [2.45, 2.75) is 70.8 Å². The Balaban J connectivity index is 1.71. The molecular weight excluding hydrogens is 210 g/mol. The van der Waals surface area contributed by atoms with Crippen molar-refractivity contribution in [3.8, 4) is 0 Å². The first kappa shape index (κ1) is 13.4. The molecule has 17 heavy (non-hydrogen) atoms. The van der Waals surface area contributed by atoms with Gasteiger partial charge in [0.2, 0.25) is 0 Å². The fraction of sp³-hybridized carbons (Fsp3) is 1.00. The molecule has 1 unspecified atom stereocenters. The minimum Gasteiger partial charge on any atom is -0.378 e. The van der Waals surface area contributed by atoms with Crippen LogP contribution in [0, 0.1) is 11.3 Å². The fourth-order valence-corrected chi connectivity index (χ4v) is 3.51. The SMILES string of the molecule is CC1CCC(CN)(CCCC2CCCO2)CC1. The Morgan fingerprint density at radius 3 is 2.59 bits per heavy atom. The molecule has 0 spiro atoms. The highest BCUT2D eigenvalue weighted by molar-refractivity contribution is 4.86. The first-order valence-electron chi connectivity index (χ1n) is 7.56. The van der Waals surface area contributed by atoms with Gasteiger partial charge >= 0.3 is 0 Å². The van der Waals surface area contributed by atoms with Crippen LogP contribution in [0.15, 0.2) is 0 Å². The predicted molar refractivity (Wildman–Crippen MR) is 71.9 cm³/mol. The van der Waals surface area contributed by atoms with Gasteiger partial charge in [0, 0.05) is 6.61 Å². The van der Waals surface area contributed by atoms with Crippen LogP contribution in [0.1, 0.15) is 64.7 Å². The Bertz CT molecular complexity index is 215. The summed E-state index contributed by atoms with van der Waals surface area (Å²) in [5.41, 5.74) is 6.52. The molecule has 2 nitrogen and oxygen atoms in total. The Kier molecular flexibility index (Phi) is 4.87. The van der Waals surface area contributed by atoms with Gasteiger partial charge in [0.1, 0.15) is 0 Å². The van der Waals surface area contributed by atoms with Crippen LogP contribution in [0.3, 0.4) is 0 Å². The molecule has 0 radical (unpaired) electrons. The van der Waals surface area contributed by atoms with E-state index in [1.165, 1.54) is 57.8 Å². The molecule has 0 aromatic heterocycles. The molecule has 0 bridgehead atoms. The summed E-state index contributed by atoms with van der Waals surface area (Å²) in [6.07, 6.45) is 12.5. The normalized spacial score (nSPS) is 38.5. The van der Waals surface area contributed by atoms with Crippen molar-refractivity contribution in [1.82, 2.24) is 0 Å². The number of hydrogen-bond acceptors (Lipinski definition) is 2. The lowest BCUT2D eigenvalue weighted by molar-refractivity contribution is 0.0906. The molecule has 100 valence electrons. The summed E-state index contributed by atoms with van der Waals surface area (Å²) in [6.45, 7) is 4.27. The second kappa shape index (κ2) is 6.19. The van der Waals surface area contributed by atoms with Crippen molar-refractivity contribution in [1.29, 1.82) is 0 Å².